The summed E-state index contributed by atoms with van der Waals surface area (Å²) >= 11 is 7.65. The Morgan fingerprint density at radius 3 is 2.62 bits per heavy atom. The molecule has 3 heteroatoms. The van der Waals surface area contributed by atoms with Crippen LogP contribution < -0.4 is 5.32 Å². The lowest BCUT2D eigenvalue weighted by atomic mass is 10.0. The maximum atomic E-state index is 5.95. The Morgan fingerprint density at radius 1 is 1.38 bits per heavy atom. The Morgan fingerprint density at radius 2 is 2.12 bits per heavy atom. The van der Waals surface area contributed by atoms with E-state index in [-0.39, 0.29) is 0 Å². The molecule has 0 aromatic carbocycles. The third-order valence-electron chi connectivity index (χ3n) is 2.52. The average molecular weight is 260 g/mol. The summed E-state index contributed by atoms with van der Waals surface area (Å²) in [4.78, 5) is 1.39. The zero-order valence-electron chi connectivity index (χ0n) is 10.4. The number of hydrogen-bond donors (Lipinski definition) is 1. The summed E-state index contributed by atoms with van der Waals surface area (Å²) in [6, 6.07) is 4.73. The molecule has 16 heavy (non-hydrogen) atoms. The van der Waals surface area contributed by atoms with Gasteiger partial charge < -0.3 is 5.32 Å². The van der Waals surface area contributed by atoms with Crippen molar-refractivity contribution >= 4 is 22.9 Å². The minimum absolute atomic E-state index is 0.592. The van der Waals surface area contributed by atoms with Gasteiger partial charge in [0.15, 0.2) is 0 Å². The maximum Gasteiger partial charge on any atom is 0.0931 e. The Balaban J connectivity index is 2.48. The first kappa shape index (κ1) is 14.0. The van der Waals surface area contributed by atoms with E-state index in [1.165, 1.54) is 17.7 Å². The Labute approximate surface area is 108 Å². The van der Waals surface area contributed by atoms with Crippen LogP contribution in [0.4, 0.5) is 0 Å². The highest BCUT2D eigenvalue weighted by atomic mass is 35.5. The van der Waals surface area contributed by atoms with Gasteiger partial charge in [-0.1, -0.05) is 32.4 Å². The number of nitrogens with one attached hydrogen (secondary N) is 1. The summed E-state index contributed by atoms with van der Waals surface area (Å²) in [6.07, 6.45) is 3.53. The van der Waals surface area contributed by atoms with Crippen molar-refractivity contribution in [3.05, 3.63) is 21.3 Å². The Bertz CT molecular complexity index is 296. The standard InChI is InChI=1S/C13H22ClNS/c1-4-7-15-11(8-10(2)3)9-12-5-6-13(14)16-12/h5-6,10-11,15H,4,7-9H2,1-3H3. The molecule has 0 radical (unpaired) electrons. The van der Waals surface area contributed by atoms with E-state index in [2.05, 4.69) is 32.2 Å². The van der Waals surface area contributed by atoms with E-state index in [1.807, 2.05) is 6.07 Å². The van der Waals surface area contributed by atoms with E-state index in [0.717, 1.165) is 23.2 Å². The molecule has 1 heterocycles. The molecule has 0 saturated heterocycles. The molecule has 0 fully saturated rings. The molecule has 1 N–H and O–H groups in total. The lowest BCUT2D eigenvalue weighted by Gasteiger charge is -2.19. The van der Waals surface area contributed by atoms with Gasteiger partial charge in [-0.05, 0) is 43.9 Å². The molecule has 0 amide bonds. The van der Waals surface area contributed by atoms with Gasteiger partial charge in [-0.15, -0.1) is 11.3 Å². The van der Waals surface area contributed by atoms with E-state index in [0.29, 0.717) is 6.04 Å². The first-order valence-electron chi connectivity index (χ1n) is 6.09. The molecule has 0 spiro atoms. The molecule has 0 aliphatic rings. The van der Waals surface area contributed by atoms with Gasteiger partial charge in [0.05, 0.1) is 4.34 Å². The number of halogens is 1. The fraction of sp³-hybridized carbons (Fsp3) is 0.692. The molecule has 1 aromatic rings. The van der Waals surface area contributed by atoms with E-state index in [9.17, 15) is 0 Å². The molecule has 1 rings (SSSR count). The molecule has 92 valence electrons. The van der Waals surface area contributed by atoms with Crippen molar-refractivity contribution in [3.63, 3.8) is 0 Å². The Hall–Kier alpha value is -0.0500. The number of rotatable bonds is 7. The van der Waals surface area contributed by atoms with Crippen LogP contribution in [0.1, 0.15) is 38.5 Å². The summed E-state index contributed by atoms with van der Waals surface area (Å²) < 4.78 is 0.897. The molecule has 0 aliphatic carbocycles. The van der Waals surface area contributed by atoms with Crippen molar-refractivity contribution < 1.29 is 0 Å². The lowest BCUT2D eigenvalue weighted by Crippen LogP contribution is -2.32. The van der Waals surface area contributed by atoms with Crippen LogP contribution in [0.25, 0.3) is 0 Å². The first-order valence-corrected chi connectivity index (χ1v) is 7.28. The summed E-state index contributed by atoms with van der Waals surface area (Å²) in [7, 11) is 0. The van der Waals surface area contributed by atoms with Gasteiger partial charge in [-0.3, -0.25) is 0 Å². The van der Waals surface area contributed by atoms with Gasteiger partial charge in [0.1, 0.15) is 0 Å². The van der Waals surface area contributed by atoms with Crippen LogP contribution in [0, 0.1) is 5.92 Å². The first-order chi connectivity index (χ1) is 7.61. The van der Waals surface area contributed by atoms with Gasteiger partial charge in [0.25, 0.3) is 0 Å². The number of thiophene rings is 1. The van der Waals surface area contributed by atoms with Crippen LogP contribution in [0.15, 0.2) is 12.1 Å². The van der Waals surface area contributed by atoms with Gasteiger partial charge in [-0.2, -0.15) is 0 Å². The highest BCUT2D eigenvalue weighted by Crippen LogP contribution is 2.23. The highest BCUT2D eigenvalue weighted by Gasteiger charge is 2.12. The summed E-state index contributed by atoms with van der Waals surface area (Å²) in [6.45, 7) is 7.88. The van der Waals surface area contributed by atoms with Crippen LogP contribution in [0.2, 0.25) is 4.34 Å². The Kier molecular flexibility index (Phi) is 6.40. The molecule has 0 saturated carbocycles. The maximum absolute atomic E-state index is 5.95. The molecule has 1 unspecified atom stereocenters. The molecule has 0 bridgehead atoms. The van der Waals surface area contributed by atoms with Gasteiger partial charge in [0, 0.05) is 10.9 Å². The second-order valence-corrected chi connectivity index (χ2v) is 6.49. The van der Waals surface area contributed by atoms with Crippen LogP contribution in [0.3, 0.4) is 0 Å². The van der Waals surface area contributed by atoms with Crippen molar-refractivity contribution in [1.29, 1.82) is 0 Å². The lowest BCUT2D eigenvalue weighted by molar-refractivity contribution is 0.418. The van der Waals surface area contributed by atoms with E-state index in [4.69, 9.17) is 11.6 Å². The fourth-order valence-electron chi connectivity index (χ4n) is 1.86. The zero-order valence-corrected chi connectivity index (χ0v) is 12.0. The van der Waals surface area contributed by atoms with Gasteiger partial charge >= 0.3 is 0 Å². The van der Waals surface area contributed by atoms with Crippen LogP contribution in [-0.4, -0.2) is 12.6 Å². The fourth-order valence-corrected chi connectivity index (χ4v) is 3.03. The van der Waals surface area contributed by atoms with Gasteiger partial charge in [-0.25, -0.2) is 0 Å². The molecule has 0 aliphatic heterocycles. The van der Waals surface area contributed by atoms with Crippen LogP contribution in [-0.2, 0) is 6.42 Å². The van der Waals surface area contributed by atoms with Crippen molar-refractivity contribution in [1.82, 2.24) is 5.32 Å². The highest BCUT2D eigenvalue weighted by molar-refractivity contribution is 7.16. The minimum atomic E-state index is 0.592. The largest absolute Gasteiger partial charge is 0.314 e. The second kappa shape index (κ2) is 7.31. The normalized spacial score (nSPS) is 13.3. The summed E-state index contributed by atoms with van der Waals surface area (Å²) in [5, 5.41) is 3.62. The average Bonchev–Trinajstić information content (AvgIpc) is 2.59. The predicted molar refractivity (Wildman–Crippen MR) is 74.6 cm³/mol. The minimum Gasteiger partial charge on any atom is -0.314 e. The van der Waals surface area contributed by atoms with Crippen molar-refractivity contribution in [2.45, 2.75) is 46.1 Å². The van der Waals surface area contributed by atoms with Crippen molar-refractivity contribution in [2.75, 3.05) is 6.54 Å². The monoisotopic (exact) mass is 259 g/mol. The SMILES string of the molecule is CCCNC(Cc1ccc(Cl)s1)CC(C)C. The smallest absolute Gasteiger partial charge is 0.0931 e. The van der Waals surface area contributed by atoms with Crippen molar-refractivity contribution in [3.8, 4) is 0 Å². The van der Waals surface area contributed by atoms with Crippen LogP contribution in [0.5, 0.6) is 0 Å². The molecule has 1 aromatic heterocycles. The third kappa shape index (κ3) is 5.33. The van der Waals surface area contributed by atoms with Crippen molar-refractivity contribution in [2.24, 2.45) is 5.92 Å². The molecule has 1 atom stereocenters. The topological polar surface area (TPSA) is 12.0 Å². The summed E-state index contributed by atoms with van der Waals surface area (Å²) in [5.74, 6) is 0.741. The predicted octanol–water partition coefficient (Wildman–Crippen LogP) is 4.36. The molecule has 1 nitrogen and oxygen atoms in total. The number of hydrogen-bond acceptors (Lipinski definition) is 2. The van der Waals surface area contributed by atoms with E-state index in [1.54, 1.807) is 11.3 Å². The summed E-state index contributed by atoms with van der Waals surface area (Å²) in [5.41, 5.74) is 0. The second-order valence-electron chi connectivity index (χ2n) is 4.69. The zero-order chi connectivity index (χ0) is 12.0. The van der Waals surface area contributed by atoms with Crippen LogP contribution >= 0.6 is 22.9 Å². The molecular formula is C13H22ClNS. The van der Waals surface area contributed by atoms with E-state index < -0.39 is 0 Å². The quantitative estimate of drug-likeness (QED) is 0.767. The third-order valence-corrected chi connectivity index (χ3v) is 3.77. The van der Waals surface area contributed by atoms with E-state index >= 15 is 0 Å². The molecular weight excluding hydrogens is 238 g/mol. The van der Waals surface area contributed by atoms with Gasteiger partial charge in [0.2, 0.25) is 0 Å².